The van der Waals surface area contributed by atoms with Gasteiger partial charge in [0.1, 0.15) is 5.84 Å². The summed E-state index contributed by atoms with van der Waals surface area (Å²) in [6.45, 7) is 5.68. The van der Waals surface area contributed by atoms with Crippen molar-refractivity contribution >= 4 is 40.9 Å². The summed E-state index contributed by atoms with van der Waals surface area (Å²) < 4.78 is 0. The van der Waals surface area contributed by atoms with Crippen LogP contribution in [0, 0.1) is 0 Å². The van der Waals surface area contributed by atoms with Gasteiger partial charge in [-0.25, -0.2) is 4.99 Å². The van der Waals surface area contributed by atoms with Gasteiger partial charge in [-0.2, -0.15) is 0 Å². The Labute approximate surface area is 147 Å². The van der Waals surface area contributed by atoms with Crippen molar-refractivity contribution in [3.63, 3.8) is 0 Å². The van der Waals surface area contributed by atoms with Gasteiger partial charge in [-0.1, -0.05) is 29.8 Å². The van der Waals surface area contributed by atoms with Crippen LogP contribution in [0.1, 0.15) is 29.8 Å². The van der Waals surface area contributed by atoms with Crippen molar-refractivity contribution in [1.82, 2.24) is 4.90 Å². The topological polar surface area (TPSA) is 32.7 Å². The van der Waals surface area contributed by atoms with Crippen LogP contribution in [0.15, 0.2) is 53.5 Å². The normalized spacial score (nSPS) is 11.4. The largest absolute Gasteiger partial charge is 0.357 e. The standard InChI is InChI=1S/C18H19ClN2OS/c1-3-21(4-2)17(20-14-8-6-5-7-9-14)15-11-10-13(19)12-16(15)18(22)23/h5-12H,3-4H2,1-2H3,(H,22,23). The van der Waals surface area contributed by atoms with E-state index in [-0.39, 0.29) is 5.12 Å². The van der Waals surface area contributed by atoms with Crippen molar-refractivity contribution in [3.8, 4) is 0 Å². The summed E-state index contributed by atoms with van der Waals surface area (Å²) in [5.74, 6) is 0.746. The van der Waals surface area contributed by atoms with E-state index in [4.69, 9.17) is 16.6 Å². The lowest BCUT2D eigenvalue weighted by atomic mass is 10.1. The molecule has 2 rings (SSSR count). The van der Waals surface area contributed by atoms with Crippen LogP contribution in [0.25, 0.3) is 0 Å². The number of carbonyl (C=O) groups is 1. The second-order valence-electron chi connectivity index (χ2n) is 4.94. The Bertz CT molecular complexity index is 712. The van der Waals surface area contributed by atoms with E-state index in [0.29, 0.717) is 10.6 Å². The van der Waals surface area contributed by atoms with Gasteiger partial charge in [0.2, 0.25) is 5.12 Å². The number of carbonyl (C=O) groups excluding carboxylic acids is 1. The van der Waals surface area contributed by atoms with Gasteiger partial charge in [-0.05, 0) is 44.2 Å². The van der Waals surface area contributed by atoms with Gasteiger partial charge in [0.25, 0.3) is 0 Å². The summed E-state index contributed by atoms with van der Waals surface area (Å²) >= 11 is 10.0. The molecule has 3 nitrogen and oxygen atoms in total. The molecule has 0 heterocycles. The van der Waals surface area contributed by atoms with Crippen LogP contribution in [-0.4, -0.2) is 28.9 Å². The van der Waals surface area contributed by atoms with Crippen LogP contribution >= 0.6 is 24.2 Å². The molecule has 0 aliphatic carbocycles. The van der Waals surface area contributed by atoms with E-state index in [0.717, 1.165) is 30.2 Å². The zero-order chi connectivity index (χ0) is 16.8. The SMILES string of the molecule is CCN(CC)C(=Nc1ccccc1)c1ccc(Cl)cc1C(=O)S. The average molecular weight is 347 g/mol. The Balaban J connectivity index is 2.64. The summed E-state index contributed by atoms with van der Waals surface area (Å²) in [4.78, 5) is 18.8. The number of benzene rings is 2. The van der Waals surface area contributed by atoms with E-state index in [1.807, 2.05) is 36.4 Å². The zero-order valence-corrected chi connectivity index (χ0v) is 14.8. The Morgan fingerprint density at radius 1 is 1.09 bits per heavy atom. The second-order valence-corrected chi connectivity index (χ2v) is 5.78. The molecule has 0 amide bonds. The van der Waals surface area contributed by atoms with E-state index in [9.17, 15) is 4.79 Å². The van der Waals surface area contributed by atoms with Crippen LogP contribution in [-0.2, 0) is 0 Å². The molecule has 2 aromatic rings. The first kappa shape index (κ1) is 17.6. The Morgan fingerprint density at radius 3 is 2.30 bits per heavy atom. The molecule has 0 aromatic heterocycles. The van der Waals surface area contributed by atoms with Crippen molar-refractivity contribution in [2.45, 2.75) is 13.8 Å². The predicted molar refractivity (Wildman–Crippen MR) is 100 cm³/mol. The third kappa shape index (κ3) is 4.36. The highest BCUT2D eigenvalue weighted by Crippen LogP contribution is 2.22. The first-order valence-corrected chi connectivity index (χ1v) is 8.31. The molecule has 0 saturated heterocycles. The minimum absolute atomic E-state index is 0.324. The maximum Gasteiger partial charge on any atom is 0.217 e. The average Bonchev–Trinajstić information content (AvgIpc) is 2.56. The van der Waals surface area contributed by atoms with E-state index >= 15 is 0 Å². The number of aliphatic imine (C=N–C) groups is 1. The lowest BCUT2D eigenvalue weighted by Crippen LogP contribution is -2.32. The monoisotopic (exact) mass is 346 g/mol. The van der Waals surface area contributed by atoms with Gasteiger partial charge in [0, 0.05) is 29.2 Å². The highest BCUT2D eigenvalue weighted by molar-refractivity contribution is 7.97. The van der Waals surface area contributed by atoms with Gasteiger partial charge < -0.3 is 4.90 Å². The molecule has 5 heteroatoms. The number of nitrogens with zero attached hydrogens (tertiary/aromatic N) is 2. The van der Waals surface area contributed by atoms with E-state index < -0.39 is 0 Å². The number of hydrogen-bond donors (Lipinski definition) is 1. The molecule has 0 unspecified atom stereocenters. The minimum atomic E-state index is -0.324. The number of hydrogen-bond acceptors (Lipinski definition) is 2. The first-order valence-electron chi connectivity index (χ1n) is 7.48. The number of thiol groups is 1. The quantitative estimate of drug-likeness (QED) is 0.478. The molecule has 0 spiro atoms. The zero-order valence-electron chi connectivity index (χ0n) is 13.2. The fourth-order valence-corrected chi connectivity index (χ4v) is 2.69. The Morgan fingerprint density at radius 2 is 1.74 bits per heavy atom. The third-order valence-electron chi connectivity index (χ3n) is 3.51. The molecule has 23 heavy (non-hydrogen) atoms. The summed E-state index contributed by atoms with van der Waals surface area (Å²) in [6.07, 6.45) is 0. The molecular weight excluding hydrogens is 328 g/mol. The maximum atomic E-state index is 11.9. The van der Waals surface area contributed by atoms with E-state index in [2.05, 4.69) is 31.4 Å². The molecule has 0 saturated carbocycles. The van der Waals surface area contributed by atoms with Crippen molar-refractivity contribution in [2.24, 2.45) is 4.99 Å². The Kier molecular flexibility index (Phi) is 6.25. The van der Waals surface area contributed by atoms with Crippen molar-refractivity contribution in [2.75, 3.05) is 13.1 Å². The van der Waals surface area contributed by atoms with Gasteiger partial charge in [-0.15, -0.1) is 12.6 Å². The maximum absolute atomic E-state index is 11.9. The molecule has 0 bridgehead atoms. The molecule has 0 radical (unpaired) electrons. The van der Waals surface area contributed by atoms with Crippen molar-refractivity contribution in [3.05, 3.63) is 64.7 Å². The van der Waals surface area contributed by atoms with Gasteiger partial charge in [0.05, 0.1) is 5.69 Å². The second kappa shape index (κ2) is 8.18. The van der Waals surface area contributed by atoms with Gasteiger partial charge in [-0.3, -0.25) is 4.79 Å². The van der Waals surface area contributed by atoms with Crippen LogP contribution in [0.5, 0.6) is 0 Å². The van der Waals surface area contributed by atoms with Gasteiger partial charge in [0.15, 0.2) is 0 Å². The predicted octanol–water partition coefficient (Wildman–Crippen LogP) is 4.83. The Hall–Kier alpha value is -1.78. The van der Waals surface area contributed by atoms with Crippen molar-refractivity contribution in [1.29, 1.82) is 0 Å². The first-order chi connectivity index (χ1) is 11.1. The van der Waals surface area contributed by atoms with Gasteiger partial charge >= 0.3 is 0 Å². The summed E-state index contributed by atoms with van der Waals surface area (Å²) in [7, 11) is 0. The molecular formula is C18H19ClN2OS. The number of para-hydroxylation sites is 1. The third-order valence-corrected chi connectivity index (χ3v) is 3.98. The van der Waals surface area contributed by atoms with Crippen LogP contribution < -0.4 is 0 Å². The number of rotatable bonds is 5. The number of amidine groups is 1. The molecule has 0 aliphatic heterocycles. The lowest BCUT2D eigenvalue weighted by Gasteiger charge is -2.24. The van der Waals surface area contributed by atoms with E-state index in [1.54, 1.807) is 12.1 Å². The molecule has 0 aliphatic rings. The molecule has 120 valence electrons. The van der Waals surface area contributed by atoms with Crippen molar-refractivity contribution < 1.29 is 4.79 Å². The summed E-state index contributed by atoms with van der Waals surface area (Å²) in [5, 5.41) is 0.181. The molecule has 2 aromatic carbocycles. The molecule has 0 N–H and O–H groups in total. The highest BCUT2D eigenvalue weighted by atomic mass is 35.5. The lowest BCUT2D eigenvalue weighted by molar-refractivity contribution is 0.109. The molecule has 0 fully saturated rings. The molecule has 0 atom stereocenters. The van der Waals surface area contributed by atoms with Crippen LogP contribution in [0.3, 0.4) is 0 Å². The van der Waals surface area contributed by atoms with Crippen LogP contribution in [0.2, 0.25) is 5.02 Å². The smallest absolute Gasteiger partial charge is 0.217 e. The van der Waals surface area contributed by atoms with Crippen LogP contribution in [0.4, 0.5) is 5.69 Å². The fourth-order valence-electron chi connectivity index (χ4n) is 2.34. The number of halogens is 1. The van der Waals surface area contributed by atoms with E-state index in [1.165, 1.54) is 0 Å². The fraction of sp³-hybridized carbons (Fsp3) is 0.222. The highest BCUT2D eigenvalue weighted by Gasteiger charge is 2.18. The summed E-state index contributed by atoms with van der Waals surface area (Å²) in [6, 6.07) is 14.9. The minimum Gasteiger partial charge on any atom is -0.357 e. The summed E-state index contributed by atoms with van der Waals surface area (Å²) in [5.41, 5.74) is 2.03.